The van der Waals surface area contributed by atoms with Crippen molar-refractivity contribution in [2.75, 3.05) is 7.11 Å². The molecule has 1 aromatic rings. The van der Waals surface area contributed by atoms with Crippen molar-refractivity contribution < 1.29 is 14.3 Å². The summed E-state index contributed by atoms with van der Waals surface area (Å²) < 4.78 is 5.12. The van der Waals surface area contributed by atoms with Gasteiger partial charge in [0.15, 0.2) is 0 Å². The first-order valence-corrected chi connectivity index (χ1v) is 6.87. The van der Waals surface area contributed by atoms with E-state index in [1.54, 1.807) is 7.11 Å². The van der Waals surface area contributed by atoms with Gasteiger partial charge in [0.25, 0.3) is 0 Å². The van der Waals surface area contributed by atoms with Crippen molar-refractivity contribution in [2.24, 2.45) is 11.3 Å². The second-order valence-corrected chi connectivity index (χ2v) is 6.26. The topological polar surface area (TPSA) is 43.4 Å². The summed E-state index contributed by atoms with van der Waals surface area (Å²) in [6.07, 6.45) is 0. The normalized spacial score (nSPS) is 14.5. The third-order valence-electron chi connectivity index (χ3n) is 3.60. The van der Waals surface area contributed by atoms with E-state index in [0.717, 1.165) is 11.3 Å². The highest BCUT2D eigenvalue weighted by Crippen LogP contribution is 2.32. The minimum Gasteiger partial charge on any atom is -0.497 e. The maximum Gasteiger partial charge on any atom is 0.149 e. The molecule has 0 unspecified atom stereocenters. The van der Waals surface area contributed by atoms with E-state index in [-0.39, 0.29) is 17.5 Å². The molecule has 0 amide bonds. The van der Waals surface area contributed by atoms with Crippen LogP contribution in [0.15, 0.2) is 24.3 Å². The SMILES string of the molecule is COc1ccc([C@H](C)[C@H](C(C)=O)C(=O)C(C)(C)C)cc1. The number of ketones is 2. The molecule has 0 fully saturated rings. The van der Waals surface area contributed by atoms with Gasteiger partial charge in [-0.05, 0) is 30.5 Å². The van der Waals surface area contributed by atoms with E-state index < -0.39 is 11.3 Å². The number of methoxy groups -OCH3 is 1. The zero-order valence-corrected chi connectivity index (χ0v) is 13.2. The van der Waals surface area contributed by atoms with Gasteiger partial charge in [0, 0.05) is 5.41 Å². The van der Waals surface area contributed by atoms with Gasteiger partial charge >= 0.3 is 0 Å². The molecule has 20 heavy (non-hydrogen) atoms. The maximum absolute atomic E-state index is 12.5. The first kappa shape index (κ1) is 16.4. The molecule has 110 valence electrons. The zero-order valence-electron chi connectivity index (χ0n) is 13.2. The lowest BCUT2D eigenvalue weighted by molar-refractivity contribution is -0.137. The van der Waals surface area contributed by atoms with Crippen LogP contribution in [0.4, 0.5) is 0 Å². The highest BCUT2D eigenvalue weighted by atomic mass is 16.5. The van der Waals surface area contributed by atoms with Crippen LogP contribution >= 0.6 is 0 Å². The first-order valence-electron chi connectivity index (χ1n) is 6.87. The molecular weight excluding hydrogens is 252 g/mol. The van der Waals surface area contributed by atoms with E-state index in [9.17, 15) is 9.59 Å². The first-order chi connectivity index (χ1) is 9.18. The summed E-state index contributed by atoms with van der Waals surface area (Å²) in [6, 6.07) is 7.53. The Hall–Kier alpha value is -1.64. The highest BCUT2D eigenvalue weighted by molar-refractivity contribution is 6.04. The monoisotopic (exact) mass is 276 g/mol. The van der Waals surface area contributed by atoms with Gasteiger partial charge in [-0.2, -0.15) is 0 Å². The second-order valence-electron chi connectivity index (χ2n) is 6.26. The third-order valence-corrected chi connectivity index (χ3v) is 3.60. The summed E-state index contributed by atoms with van der Waals surface area (Å²) in [5.41, 5.74) is 0.459. The number of Topliss-reactive ketones (excluding diaryl/α,β-unsaturated/α-hetero) is 2. The summed E-state index contributed by atoms with van der Waals surface area (Å²) in [5, 5.41) is 0. The summed E-state index contributed by atoms with van der Waals surface area (Å²) >= 11 is 0. The average Bonchev–Trinajstić information content (AvgIpc) is 2.37. The smallest absolute Gasteiger partial charge is 0.149 e. The molecule has 1 aromatic carbocycles. The van der Waals surface area contributed by atoms with Crippen LogP contribution in [0.5, 0.6) is 5.75 Å². The lowest BCUT2D eigenvalue weighted by Crippen LogP contribution is -2.35. The number of rotatable bonds is 5. The van der Waals surface area contributed by atoms with Gasteiger partial charge < -0.3 is 4.74 Å². The van der Waals surface area contributed by atoms with Gasteiger partial charge in [-0.3, -0.25) is 9.59 Å². The fraction of sp³-hybridized carbons (Fsp3) is 0.529. The molecule has 3 heteroatoms. The minimum atomic E-state index is -0.594. The Labute approximate surface area is 121 Å². The second kappa shape index (κ2) is 6.21. The number of carbonyl (C=O) groups excluding carboxylic acids is 2. The van der Waals surface area contributed by atoms with Crippen molar-refractivity contribution in [3.8, 4) is 5.75 Å². The Kier molecular flexibility index (Phi) is 5.09. The molecule has 1 rings (SSSR count). The fourth-order valence-corrected chi connectivity index (χ4v) is 2.33. The van der Waals surface area contributed by atoms with Crippen molar-refractivity contribution in [1.82, 2.24) is 0 Å². The Morgan fingerprint density at radius 1 is 1.10 bits per heavy atom. The lowest BCUT2D eigenvalue weighted by atomic mass is 9.74. The predicted molar refractivity (Wildman–Crippen MR) is 80.0 cm³/mol. The van der Waals surface area contributed by atoms with Gasteiger partial charge in [-0.25, -0.2) is 0 Å². The molecule has 2 atom stereocenters. The Morgan fingerprint density at radius 3 is 1.95 bits per heavy atom. The predicted octanol–water partition coefficient (Wildman–Crippen LogP) is 3.62. The van der Waals surface area contributed by atoms with E-state index in [2.05, 4.69) is 0 Å². The molecule has 0 aliphatic carbocycles. The molecule has 0 radical (unpaired) electrons. The average molecular weight is 276 g/mol. The van der Waals surface area contributed by atoms with Gasteiger partial charge in [0.05, 0.1) is 13.0 Å². The maximum atomic E-state index is 12.5. The lowest BCUT2D eigenvalue weighted by Gasteiger charge is -2.27. The molecule has 0 aliphatic rings. The van der Waals surface area contributed by atoms with Crippen LogP contribution in [0.1, 0.15) is 46.1 Å². The van der Waals surface area contributed by atoms with Crippen LogP contribution in [0.2, 0.25) is 0 Å². The van der Waals surface area contributed by atoms with Gasteiger partial charge in [0.2, 0.25) is 0 Å². The largest absolute Gasteiger partial charge is 0.497 e. The van der Waals surface area contributed by atoms with Crippen molar-refractivity contribution in [2.45, 2.75) is 40.5 Å². The Balaban J connectivity index is 3.08. The fourth-order valence-electron chi connectivity index (χ4n) is 2.33. The molecule has 0 N–H and O–H groups in total. The van der Waals surface area contributed by atoms with Crippen molar-refractivity contribution >= 4 is 11.6 Å². The Morgan fingerprint density at radius 2 is 1.60 bits per heavy atom. The van der Waals surface area contributed by atoms with Crippen LogP contribution < -0.4 is 4.74 Å². The number of carbonyl (C=O) groups is 2. The molecular formula is C17H24O3. The van der Waals surface area contributed by atoms with Crippen LogP contribution in [-0.2, 0) is 9.59 Å². The molecule has 0 heterocycles. The Bertz CT molecular complexity index is 480. The highest BCUT2D eigenvalue weighted by Gasteiger charge is 2.36. The number of benzene rings is 1. The standard InChI is InChI=1S/C17H24O3/c1-11(13-7-9-14(20-6)10-8-13)15(12(2)18)16(19)17(3,4)5/h7-11,15H,1-6H3/t11-,15+/m0/s1. The van der Waals surface area contributed by atoms with E-state index in [1.165, 1.54) is 6.92 Å². The molecule has 0 aliphatic heterocycles. The van der Waals surface area contributed by atoms with Crippen molar-refractivity contribution in [1.29, 1.82) is 0 Å². The van der Waals surface area contributed by atoms with Gasteiger partial charge in [0.1, 0.15) is 17.3 Å². The van der Waals surface area contributed by atoms with Gasteiger partial charge in [-0.1, -0.05) is 39.8 Å². The number of ether oxygens (including phenoxy) is 1. The van der Waals surface area contributed by atoms with Crippen molar-refractivity contribution in [3.63, 3.8) is 0 Å². The van der Waals surface area contributed by atoms with Crippen LogP contribution in [0.25, 0.3) is 0 Å². The summed E-state index contributed by atoms with van der Waals surface area (Å²) in [6.45, 7) is 8.98. The molecule has 0 saturated carbocycles. The molecule has 0 aromatic heterocycles. The quantitative estimate of drug-likeness (QED) is 0.771. The third kappa shape index (κ3) is 3.69. The van der Waals surface area contributed by atoms with Crippen molar-refractivity contribution in [3.05, 3.63) is 29.8 Å². The zero-order chi connectivity index (χ0) is 15.5. The summed E-state index contributed by atoms with van der Waals surface area (Å²) in [7, 11) is 1.61. The number of hydrogen-bond acceptors (Lipinski definition) is 3. The van der Waals surface area contributed by atoms with Crippen LogP contribution in [-0.4, -0.2) is 18.7 Å². The van der Waals surface area contributed by atoms with E-state index in [1.807, 2.05) is 52.0 Å². The molecule has 0 saturated heterocycles. The molecule has 0 spiro atoms. The van der Waals surface area contributed by atoms with Gasteiger partial charge in [-0.15, -0.1) is 0 Å². The van der Waals surface area contributed by atoms with E-state index in [4.69, 9.17) is 4.74 Å². The van der Waals surface area contributed by atoms with E-state index >= 15 is 0 Å². The number of hydrogen-bond donors (Lipinski definition) is 0. The van der Waals surface area contributed by atoms with E-state index in [0.29, 0.717) is 0 Å². The summed E-state index contributed by atoms with van der Waals surface area (Å²) in [5.74, 6) is -0.0439. The van der Waals surface area contributed by atoms with Crippen LogP contribution in [0.3, 0.4) is 0 Å². The molecule has 3 nitrogen and oxygen atoms in total. The summed E-state index contributed by atoms with van der Waals surface area (Å²) in [4.78, 5) is 24.4. The molecule has 0 bridgehead atoms. The minimum absolute atomic E-state index is 0.00619. The van der Waals surface area contributed by atoms with Crippen LogP contribution in [0, 0.1) is 11.3 Å².